The lowest BCUT2D eigenvalue weighted by Gasteiger charge is -2.29. The van der Waals surface area contributed by atoms with Crippen LogP contribution in [0.4, 0.5) is 17.1 Å². The monoisotopic (exact) mass is 721 g/mol. The van der Waals surface area contributed by atoms with Gasteiger partial charge in [-0.3, -0.25) is 0 Å². The van der Waals surface area contributed by atoms with Gasteiger partial charge < -0.3 is 4.90 Å². The van der Waals surface area contributed by atoms with E-state index in [-0.39, 0.29) is 5.41 Å². The standard InChI is InChI=1S/C55H47N/c1-55(2)53-36-45(50-19-11-17-44-16-9-10-18-49(44)50)28-34-51(53)52-35-33-48(37-54(52)55)56(46-29-24-42(25-30-46)39-14-7-4-8-15-39)47-31-26-43(27-32-47)41-22-20-40(21-23-41)38-12-5-3-6-13-38/h3,5-6,9-13,16-37,39H,4,7-8,14-15H2,1-2H3. The highest BCUT2D eigenvalue weighted by Gasteiger charge is 2.36. The van der Waals surface area contributed by atoms with Gasteiger partial charge in [-0.2, -0.15) is 0 Å². The van der Waals surface area contributed by atoms with Crippen LogP contribution in [0.25, 0.3) is 55.3 Å². The third-order valence-electron chi connectivity index (χ3n) is 12.7. The van der Waals surface area contributed by atoms with Gasteiger partial charge in [0.15, 0.2) is 0 Å². The van der Waals surface area contributed by atoms with Gasteiger partial charge in [-0.15, -0.1) is 0 Å². The van der Waals surface area contributed by atoms with Gasteiger partial charge in [0, 0.05) is 22.5 Å². The molecule has 0 N–H and O–H groups in total. The van der Waals surface area contributed by atoms with Crippen molar-refractivity contribution in [3.8, 4) is 44.5 Å². The Morgan fingerprint density at radius 3 is 1.62 bits per heavy atom. The molecule has 0 aliphatic heterocycles. The lowest BCUT2D eigenvalue weighted by Crippen LogP contribution is -2.16. The highest BCUT2D eigenvalue weighted by atomic mass is 15.1. The SMILES string of the molecule is CC1(C)c2cc(-c3cccc4ccccc34)ccc2-c2ccc(N(c3ccc(-c4ccc(-c5ccccc5)cc4)cc3)c3ccc(C4CCCCC4)cc3)cc21. The van der Waals surface area contributed by atoms with E-state index in [1.165, 1.54) is 115 Å². The van der Waals surface area contributed by atoms with Crippen LogP contribution >= 0.6 is 0 Å². The third kappa shape index (κ3) is 6.13. The van der Waals surface area contributed by atoms with Crippen molar-refractivity contribution >= 4 is 27.8 Å². The van der Waals surface area contributed by atoms with Gasteiger partial charge in [0.25, 0.3) is 0 Å². The summed E-state index contributed by atoms with van der Waals surface area (Å²) in [4.78, 5) is 2.45. The number of hydrogen-bond donors (Lipinski definition) is 0. The van der Waals surface area contributed by atoms with Crippen LogP contribution in [0.2, 0.25) is 0 Å². The van der Waals surface area contributed by atoms with Gasteiger partial charge in [-0.25, -0.2) is 0 Å². The second-order valence-corrected chi connectivity index (χ2v) is 16.4. The van der Waals surface area contributed by atoms with E-state index in [9.17, 15) is 0 Å². The average molecular weight is 722 g/mol. The minimum atomic E-state index is -0.159. The number of hydrogen-bond acceptors (Lipinski definition) is 1. The van der Waals surface area contributed by atoms with Gasteiger partial charge >= 0.3 is 0 Å². The van der Waals surface area contributed by atoms with E-state index in [0.29, 0.717) is 5.92 Å². The summed E-state index contributed by atoms with van der Waals surface area (Å²) in [5.41, 5.74) is 17.8. The fourth-order valence-electron chi connectivity index (χ4n) is 9.58. The Kier molecular flexibility index (Phi) is 8.67. The molecule has 2 aliphatic rings. The summed E-state index contributed by atoms with van der Waals surface area (Å²) in [6.45, 7) is 4.80. The van der Waals surface area contributed by atoms with Crippen molar-refractivity contribution in [1.82, 2.24) is 0 Å². The largest absolute Gasteiger partial charge is 0.310 e. The normalized spacial score (nSPS) is 14.7. The molecular formula is C55H47N. The van der Waals surface area contributed by atoms with Crippen LogP contribution in [0, 0.1) is 0 Å². The zero-order valence-electron chi connectivity index (χ0n) is 32.4. The number of anilines is 3. The summed E-state index contributed by atoms with van der Waals surface area (Å²) in [7, 11) is 0. The molecule has 0 heterocycles. The molecule has 1 saturated carbocycles. The van der Waals surface area contributed by atoms with E-state index in [2.05, 4.69) is 201 Å². The highest BCUT2D eigenvalue weighted by molar-refractivity contribution is 5.98. The van der Waals surface area contributed by atoms with E-state index in [0.717, 1.165) is 5.69 Å². The van der Waals surface area contributed by atoms with Crippen LogP contribution in [0.5, 0.6) is 0 Å². The molecule has 1 heteroatoms. The maximum Gasteiger partial charge on any atom is 0.0465 e. The summed E-state index contributed by atoms with van der Waals surface area (Å²) in [5.74, 6) is 0.678. The fourth-order valence-corrected chi connectivity index (χ4v) is 9.58. The van der Waals surface area contributed by atoms with Gasteiger partial charge in [-0.1, -0.05) is 173 Å². The Morgan fingerprint density at radius 1 is 0.411 bits per heavy atom. The van der Waals surface area contributed by atoms with Crippen LogP contribution in [-0.4, -0.2) is 0 Å². The second kappa shape index (κ2) is 14.2. The summed E-state index contributed by atoms with van der Waals surface area (Å²) >= 11 is 0. The van der Waals surface area contributed by atoms with Crippen LogP contribution in [0.1, 0.15) is 68.6 Å². The molecule has 1 nitrogen and oxygen atoms in total. The molecule has 10 rings (SSSR count). The summed E-state index contributed by atoms with van der Waals surface area (Å²) < 4.78 is 0. The first-order chi connectivity index (χ1) is 27.5. The molecule has 0 amide bonds. The Morgan fingerprint density at radius 2 is 0.929 bits per heavy atom. The molecular weight excluding hydrogens is 675 g/mol. The molecule has 0 bridgehead atoms. The van der Waals surface area contributed by atoms with Crippen LogP contribution in [0.15, 0.2) is 182 Å². The van der Waals surface area contributed by atoms with Gasteiger partial charge in [0.2, 0.25) is 0 Å². The van der Waals surface area contributed by atoms with Crippen molar-refractivity contribution in [1.29, 1.82) is 0 Å². The first-order valence-electron chi connectivity index (χ1n) is 20.4. The number of benzene rings is 8. The Balaban J connectivity index is 1.02. The van der Waals surface area contributed by atoms with Crippen molar-refractivity contribution in [2.75, 3.05) is 4.90 Å². The van der Waals surface area contributed by atoms with E-state index in [1.807, 2.05) is 0 Å². The lowest BCUT2D eigenvalue weighted by molar-refractivity contribution is 0.443. The Bertz CT molecular complexity index is 2660. The molecule has 2 aliphatic carbocycles. The van der Waals surface area contributed by atoms with Crippen molar-refractivity contribution < 1.29 is 0 Å². The fraction of sp³-hybridized carbons (Fsp3) is 0.164. The molecule has 0 unspecified atom stereocenters. The summed E-state index contributed by atoms with van der Waals surface area (Å²) in [6, 6.07) is 67.8. The smallest absolute Gasteiger partial charge is 0.0465 e. The zero-order valence-corrected chi connectivity index (χ0v) is 32.4. The maximum absolute atomic E-state index is 2.46. The minimum absolute atomic E-state index is 0.159. The molecule has 56 heavy (non-hydrogen) atoms. The van der Waals surface area contributed by atoms with Gasteiger partial charge in [0.1, 0.15) is 0 Å². The first kappa shape index (κ1) is 34.3. The Labute approximate surface area is 331 Å². The van der Waals surface area contributed by atoms with Crippen molar-refractivity contribution in [3.05, 3.63) is 199 Å². The van der Waals surface area contributed by atoms with Gasteiger partial charge in [-0.05, 0) is 133 Å². The molecule has 0 aromatic heterocycles. The molecule has 0 spiro atoms. The maximum atomic E-state index is 2.46. The number of rotatable bonds is 7. The molecule has 0 atom stereocenters. The van der Waals surface area contributed by atoms with Crippen LogP contribution in [-0.2, 0) is 5.41 Å². The topological polar surface area (TPSA) is 3.24 Å². The molecule has 0 saturated heterocycles. The average Bonchev–Trinajstić information content (AvgIpc) is 3.49. The summed E-state index contributed by atoms with van der Waals surface area (Å²) in [5, 5.41) is 2.57. The molecule has 8 aromatic carbocycles. The summed E-state index contributed by atoms with van der Waals surface area (Å²) in [6.07, 6.45) is 6.67. The van der Waals surface area contributed by atoms with Crippen LogP contribution in [0.3, 0.4) is 0 Å². The van der Waals surface area contributed by atoms with E-state index in [1.54, 1.807) is 0 Å². The molecule has 0 radical (unpaired) electrons. The minimum Gasteiger partial charge on any atom is -0.310 e. The molecule has 1 fully saturated rings. The second-order valence-electron chi connectivity index (χ2n) is 16.4. The van der Waals surface area contributed by atoms with E-state index in [4.69, 9.17) is 0 Å². The number of nitrogens with zero attached hydrogens (tertiary/aromatic N) is 1. The molecule has 8 aromatic rings. The predicted molar refractivity (Wildman–Crippen MR) is 238 cm³/mol. The zero-order chi connectivity index (χ0) is 37.6. The van der Waals surface area contributed by atoms with Crippen molar-refractivity contribution in [3.63, 3.8) is 0 Å². The quantitative estimate of drug-likeness (QED) is 0.158. The van der Waals surface area contributed by atoms with Crippen molar-refractivity contribution in [2.45, 2.75) is 57.3 Å². The van der Waals surface area contributed by atoms with E-state index < -0.39 is 0 Å². The third-order valence-corrected chi connectivity index (χ3v) is 12.7. The Hall–Kier alpha value is -6.18. The van der Waals surface area contributed by atoms with Crippen LogP contribution < -0.4 is 4.90 Å². The lowest BCUT2D eigenvalue weighted by atomic mass is 9.81. The first-order valence-corrected chi connectivity index (χ1v) is 20.4. The van der Waals surface area contributed by atoms with Crippen molar-refractivity contribution in [2.24, 2.45) is 0 Å². The number of fused-ring (bicyclic) bond motifs is 4. The molecule has 272 valence electrons. The van der Waals surface area contributed by atoms with Gasteiger partial charge in [0.05, 0.1) is 0 Å². The van der Waals surface area contributed by atoms with E-state index >= 15 is 0 Å². The highest BCUT2D eigenvalue weighted by Crippen LogP contribution is 2.52. The predicted octanol–water partition coefficient (Wildman–Crippen LogP) is 15.7.